The minimum Gasteiger partial charge on any atom is -0.384 e. The van der Waals surface area contributed by atoms with Crippen molar-refractivity contribution in [3.8, 4) is 0 Å². The summed E-state index contributed by atoms with van der Waals surface area (Å²) in [5.74, 6) is 0.304. The highest BCUT2D eigenvalue weighted by Crippen LogP contribution is 2.21. The van der Waals surface area contributed by atoms with Crippen molar-refractivity contribution < 1.29 is 14.0 Å². The van der Waals surface area contributed by atoms with Gasteiger partial charge in [-0.15, -0.1) is 0 Å². The Bertz CT molecular complexity index is 820. The van der Waals surface area contributed by atoms with E-state index in [9.17, 15) is 9.18 Å². The molecule has 3 N–H and O–H groups in total. The monoisotopic (exact) mass is 385 g/mol. The number of anilines is 1. The number of aromatic nitrogens is 1. The van der Waals surface area contributed by atoms with Gasteiger partial charge in [0, 0.05) is 25.8 Å². The van der Waals surface area contributed by atoms with Crippen molar-refractivity contribution in [3.05, 3.63) is 59.5 Å². The fraction of sp³-hybridized carbons (Fsp3) is 0.350. The largest absolute Gasteiger partial charge is 0.384 e. The molecule has 8 heteroatoms. The number of nitrogens with zero attached hydrogens (tertiary/aromatic N) is 3. The molecule has 1 aromatic heterocycles. The van der Waals surface area contributed by atoms with E-state index in [0.717, 1.165) is 37.3 Å². The van der Waals surface area contributed by atoms with Crippen molar-refractivity contribution in [2.24, 2.45) is 10.9 Å². The predicted molar refractivity (Wildman–Crippen MR) is 105 cm³/mol. The number of amidine groups is 1. The van der Waals surface area contributed by atoms with Crippen LogP contribution in [0.1, 0.15) is 30.4 Å². The van der Waals surface area contributed by atoms with Crippen molar-refractivity contribution in [3.63, 3.8) is 0 Å². The van der Waals surface area contributed by atoms with E-state index in [-0.39, 0.29) is 30.7 Å². The number of amides is 1. The maximum absolute atomic E-state index is 12.9. The molecular formula is C20H24FN5O2. The summed E-state index contributed by atoms with van der Waals surface area (Å²) in [6.45, 7) is 1.89. The van der Waals surface area contributed by atoms with Gasteiger partial charge >= 0.3 is 0 Å². The highest BCUT2D eigenvalue weighted by Gasteiger charge is 2.17. The molecule has 1 saturated heterocycles. The number of nitrogens with one attached hydrogen (secondary N) is 1. The Morgan fingerprint density at radius 3 is 2.71 bits per heavy atom. The molecule has 0 saturated carbocycles. The molecule has 0 bridgehead atoms. The quantitative estimate of drug-likeness (QED) is 0.433. The summed E-state index contributed by atoms with van der Waals surface area (Å²) in [5.41, 5.74) is 7.54. The molecular weight excluding hydrogens is 361 g/mol. The van der Waals surface area contributed by atoms with Crippen LogP contribution < -0.4 is 16.0 Å². The molecule has 28 heavy (non-hydrogen) atoms. The van der Waals surface area contributed by atoms with Crippen LogP contribution in [0.5, 0.6) is 0 Å². The molecule has 0 atom stereocenters. The molecule has 2 aromatic rings. The summed E-state index contributed by atoms with van der Waals surface area (Å²) in [6, 6.07) is 9.54. The van der Waals surface area contributed by atoms with Crippen molar-refractivity contribution >= 4 is 17.6 Å². The number of benzene rings is 1. The van der Waals surface area contributed by atoms with Gasteiger partial charge in [0.15, 0.2) is 12.4 Å². The molecule has 1 aliphatic rings. The van der Waals surface area contributed by atoms with Crippen LogP contribution in [-0.2, 0) is 16.2 Å². The van der Waals surface area contributed by atoms with E-state index in [1.54, 1.807) is 24.4 Å². The summed E-state index contributed by atoms with van der Waals surface area (Å²) < 4.78 is 12.9. The molecule has 0 radical (unpaired) electrons. The number of pyridine rings is 1. The van der Waals surface area contributed by atoms with Crippen molar-refractivity contribution in [2.45, 2.75) is 25.8 Å². The second kappa shape index (κ2) is 9.68. The average Bonchev–Trinajstić information content (AvgIpc) is 2.74. The third-order valence-electron chi connectivity index (χ3n) is 4.48. The van der Waals surface area contributed by atoms with Gasteiger partial charge in [-0.3, -0.25) is 4.79 Å². The van der Waals surface area contributed by atoms with Gasteiger partial charge in [-0.25, -0.2) is 9.37 Å². The predicted octanol–water partition coefficient (Wildman–Crippen LogP) is 2.16. The number of carbonyl (C=O) groups is 1. The summed E-state index contributed by atoms with van der Waals surface area (Å²) in [5, 5.41) is 6.55. The minimum atomic E-state index is -0.344. The smallest absolute Gasteiger partial charge is 0.261 e. The second-order valence-corrected chi connectivity index (χ2v) is 6.58. The van der Waals surface area contributed by atoms with Crippen molar-refractivity contribution in [2.75, 3.05) is 24.6 Å². The molecule has 1 fully saturated rings. The SMILES string of the molecule is N/C(=N\OCC(=O)NCc1ccc(F)cc1)c1cccnc1N1CCCCC1. The first-order valence-electron chi connectivity index (χ1n) is 9.30. The zero-order valence-electron chi connectivity index (χ0n) is 15.6. The lowest BCUT2D eigenvalue weighted by molar-refractivity contribution is -0.125. The highest BCUT2D eigenvalue weighted by molar-refractivity contribution is 6.01. The Labute approximate surface area is 163 Å². The van der Waals surface area contributed by atoms with Crippen LogP contribution in [0.4, 0.5) is 10.2 Å². The number of piperidine rings is 1. The standard InChI is InChI=1S/C20H24FN5O2/c21-16-8-6-15(7-9-16)13-24-18(27)14-28-25-19(22)17-5-4-10-23-20(17)26-11-2-1-3-12-26/h4-10H,1-3,11-14H2,(H2,22,25)(H,24,27). The summed E-state index contributed by atoms with van der Waals surface area (Å²) >= 11 is 0. The van der Waals surface area contributed by atoms with Crippen LogP contribution in [0.3, 0.4) is 0 Å². The Kier molecular flexibility index (Phi) is 6.78. The van der Waals surface area contributed by atoms with Gasteiger partial charge < -0.3 is 20.8 Å². The van der Waals surface area contributed by atoms with Crippen LogP contribution >= 0.6 is 0 Å². The Balaban J connectivity index is 1.53. The minimum absolute atomic E-state index is 0.181. The van der Waals surface area contributed by atoms with E-state index in [1.165, 1.54) is 18.6 Å². The highest BCUT2D eigenvalue weighted by atomic mass is 19.1. The van der Waals surface area contributed by atoms with E-state index in [2.05, 4.69) is 20.4 Å². The van der Waals surface area contributed by atoms with Crippen molar-refractivity contribution in [1.29, 1.82) is 0 Å². The van der Waals surface area contributed by atoms with Gasteiger partial charge in [0.2, 0.25) is 0 Å². The fourth-order valence-electron chi connectivity index (χ4n) is 3.02. The number of oxime groups is 1. The second-order valence-electron chi connectivity index (χ2n) is 6.58. The first-order valence-corrected chi connectivity index (χ1v) is 9.30. The summed E-state index contributed by atoms with van der Waals surface area (Å²) in [7, 11) is 0. The third-order valence-corrected chi connectivity index (χ3v) is 4.48. The average molecular weight is 385 g/mol. The number of hydrogen-bond acceptors (Lipinski definition) is 5. The van der Waals surface area contributed by atoms with Gasteiger partial charge in [0.05, 0.1) is 5.56 Å². The molecule has 3 rings (SSSR count). The number of nitrogens with two attached hydrogens (primary N) is 1. The molecule has 148 valence electrons. The first-order chi connectivity index (χ1) is 13.6. The van der Waals surface area contributed by atoms with Crippen LogP contribution in [-0.4, -0.2) is 36.4 Å². The Morgan fingerprint density at radius 1 is 1.21 bits per heavy atom. The van der Waals surface area contributed by atoms with Crippen molar-refractivity contribution in [1.82, 2.24) is 10.3 Å². The maximum Gasteiger partial charge on any atom is 0.261 e. The van der Waals surface area contributed by atoms with E-state index in [4.69, 9.17) is 10.6 Å². The maximum atomic E-state index is 12.9. The van der Waals surface area contributed by atoms with E-state index in [1.807, 2.05) is 6.07 Å². The van der Waals surface area contributed by atoms with Gasteiger partial charge in [-0.1, -0.05) is 17.3 Å². The van der Waals surface area contributed by atoms with Gasteiger partial charge in [0.1, 0.15) is 11.6 Å². The van der Waals surface area contributed by atoms with Gasteiger partial charge in [-0.05, 0) is 49.1 Å². The summed E-state index contributed by atoms with van der Waals surface area (Å²) in [4.78, 5) is 23.6. The number of halogens is 1. The first kappa shape index (κ1) is 19.6. The van der Waals surface area contributed by atoms with E-state index in [0.29, 0.717) is 5.56 Å². The van der Waals surface area contributed by atoms with Crippen LogP contribution in [0.15, 0.2) is 47.8 Å². The lowest BCUT2D eigenvalue weighted by atomic mass is 10.1. The topological polar surface area (TPSA) is 92.8 Å². The Hall–Kier alpha value is -3.16. The molecule has 0 aliphatic carbocycles. The molecule has 1 aromatic carbocycles. The van der Waals surface area contributed by atoms with E-state index < -0.39 is 0 Å². The van der Waals surface area contributed by atoms with Crippen LogP contribution in [0.2, 0.25) is 0 Å². The number of carbonyl (C=O) groups excluding carboxylic acids is 1. The number of rotatable bonds is 7. The van der Waals surface area contributed by atoms with E-state index >= 15 is 0 Å². The molecule has 1 aliphatic heterocycles. The lowest BCUT2D eigenvalue weighted by Crippen LogP contribution is -2.32. The molecule has 1 amide bonds. The zero-order valence-corrected chi connectivity index (χ0v) is 15.6. The molecule has 0 unspecified atom stereocenters. The zero-order chi connectivity index (χ0) is 19.8. The van der Waals surface area contributed by atoms with Crippen LogP contribution in [0.25, 0.3) is 0 Å². The van der Waals surface area contributed by atoms with Gasteiger partial charge in [0.25, 0.3) is 5.91 Å². The molecule has 2 heterocycles. The van der Waals surface area contributed by atoms with Crippen LogP contribution in [0, 0.1) is 5.82 Å². The normalized spacial score (nSPS) is 14.6. The summed E-state index contributed by atoms with van der Waals surface area (Å²) in [6.07, 6.45) is 5.19. The molecule has 0 spiro atoms. The third kappa shape index (κ3) is 5.42. The fourth-order valence-corrected chi connectivity index (χ4v) is 3.02. The van der Waals surface area contributed by atoms with Gasteiger partial charge in [-0.2, -0.15) is 0 Å². The number of hydrogen-bond donors (Lipinski definition) is 2. The lowest BCUT2D eigenvalue weighted by Gasteiger charge is -2.29. The molecule has 7 nitrogen and oxygen atoms in total. The Morgan fingerprint density at radius 2 is 1.96 bits per heavy atom.